The third kappa shape index (κ3) is 4.99. The van der Waals surface area contributed by atoms with Crippen molar-refractivity contribution in [1.82, 2.24) is 15.0 Å². The van der Waals surface area contributed by atoms with Crippen molar-refractivity contribution >= 4 is 95.7 Å². The van der Waals surface area contributed by atoms with Gasteiger partial charge in [-0.2, -0.15) is 0 Å². The summed E-state index contributed by atoms with van der Waals surface area (Å²) in [6.45, 7) is 0. The molecule has 0 atom stereocenters. The fraction of sp³-hybridized carbons (Fsp3) is 0. The number of aromatic nitrogens is 3. The van der Waals surface area contributed by atoms with Gasteiger partial charge in [-0.3, -0.25) is 0 Å². The molecule has 0 saturated heterocycles. The van der Waals surface area contributed by atoms with Crippen molar-refractivity contribution in [3.63, 3.8) is 0 Å². The van der Waals surface area contributed by atoms with Crippen LogP contribution in [0.4, 0.5) is 0 Å². The molecule has 6 aromatic heterocycles. The van der Waals surface area contributed by atoms with E-state index in [9.17, 15) is 0 Å². The van der Waals surface area contributed by atoms with Crippen LogP contribution in [-0.4, -0.2) is 36.4 Å². The second-order valence-corrected chi connectivity index (χ2v) is 22.3. The molecule has 0 spiro atoms. The van der Waals surface area contributed by atoms with Crippen LogP contribution in [-0.2, 0) is 0 Å². The van der Waals surface area contributed by atoms with Crippen molar-refractivity contribution in [2.75, 3.05) is 0 Å². The predicted octanol–water partition coefficient (Wildman–Crippen LogP) is 9.03. The van der Waals surface area contributed by atoms with Gasteiger partial charge in [-0.05, 0) is 0 Å². The third-order valence-electron chi connectivity index (χ3n) is 8.43. The Kier molecular flexibility index (Phi) is 7.27. The molecule has 0 bridgehead atoms. The number of hydrogen-bond donors (Lipinski definition) is 0. The summed E-state index contributed by atoms with van der Waals surface area (Å²) in [5.74, 6) is 0. The first-order chi connectivity index (χ1) is 22.8. The number of nitrogens with zero attached hydrogens (tertiary/aromatic N) is 3. The molecule has 0 amide bonds. The zero-order chi connectivity index (χ0) is 30.5. The van der Waals surface area contributed by atoms with Gasteiger partial charge in [-0.15, -0.1) is 0 Å². The molecule has 216 valence electrons. The van der Waals surface area contributed by atoms with E-state index in [0.29, 0.717) is 0 Å². The second-order valence-electron chi connectivity index (χ2n) is 11.2. The molecular weight excluding hydrogens is 721 g/mol. The number of rotatable bonds is 6. The van der Waals surface area contributed by atoms with E-state index in [1.165, 1.54) is 54.8 Å². The van der Waals surface area contributed by atoms with Gasteiger partial charge >= 0.3 is 288 Å². The Morgan fingerprint density at radius 2 is 0.696 bits per heavy atom. The SMILES string of the molecule is c1cnc(-c2cc3ccccc3s2)[c]([In]([c]2cccnc2-c2cc3ccccc3s2)[c]2cccnc2-c2cc3ccccc3s2)c1. The summed E-state index contributed by atoms with van der Waals surface area (Å²) >= 11 is 2.17. The van der Waals surface area contributed by atoms with Crippen molar-refractivity contribution in [2.24, 2.45) is 0 Å². The maximum atomic E-state index is 5.12. The van der Waals surface area contributed by atoms with Crippen molar-refractivity contribution in [3.8, 4) is 31.7 Å². The van der Waals surface area contributed by atoms with Crippen LogP contribution in [0, 0.1) is 0 Å². The molecule has 9 rings (SSSR count). The van der Waals surface area contributed by atoms with Crippen LogP contribution in [0.3, 0.4) is 0 Å². The van der Waals surface area contributed by atoms with Crippen LogP contribution in [0.15, 0.2) is 146 Å². The van der Waals surface area contributed by atoms with E-state index in [0.717, 1.165) is 17.1 Å². The summed E-state index contributed by atoms with van der Waals surface area (Å²) in [7, 11) is 0. The Hall–Kier alpha value is -4.14. The Morgan fingerprint density at radius 3 is 1.02 bits per heavy atom. The van der Waals surface area contributed by atoms with E-state index in [1.807, 2.05) is 52.6 Å². The van der Waals surface area contributed by atoms with Gasteiger partial charge in [-0.25, -0.2) is 0 Å². The first-order valence-corrected chi connectivity index (χ1v) is 22.5. The van der Waals surface area contributed by atoms with Crippen LogP contribution in [0.1, 0.15) is 0 Å². The van der Waals surface area contributed by atoms with E-state index in [-0.39, 0.29) is 0 Å². The fourth-order valence-corrected chi connectivity index (χ4v) is 20.3. The molecule has 6 heterocycles. The molecule has 0 aliphatic heterocycles. The number of fused-ring (bicyclic) bond motifs is 3. The van der Waals surface area contributed by atoms with Crippen molar-refractivity contribution < 1.29 is 0 Å². The maximum absolute atomic E-state index is 5.12. The molecule has 0 unspecified atom stereocenters. The Balaban J connectivity index is 1.32. The molecule has 0 aliphatic carbocycles. The van der Waals surface area contributed by atoms with E-state index in [1.54, 1.807) is 0 Å². The zero-order valence-electron chi connectivity index (χ0n) is 24.5. The zero-order valence-corrected chi connectivity index (χ0v) is 30.2. The summed E-state index contributed by atoms with van der Waals surface area (Å²) in [6.07, 6.45) is 5.83. The van der Waals surface area contributed by atoms with Crippen LogP contribution >= 0.6 is 34.0 Å². The van der Waals surface area contributed by atoms with Gasteiger partial charge in [0.25, 0.3) is 0 Å². The Bertz CT molecular complexity index is 2150. The van der Waals surface area contributed by atoms with E-state index in [2.05, 4.69) is 127 Å². The van der Waals surface area contributed by atoms with Crippen LogP contribution in [0.5, 0.6) is 0 Å². The van der Waals surface area contributed by atoms with Gasteiger partial charge in [0.1, 0.15) is 0 Å². The summed E-state index contributed by atoms with van der Waals surface area (Å²) in [4.78, 5) is 19.0. The van der Waals surface area contributed by atoms with Gasteiger partial charge < -0.3 is 0 Å². The van der Waals surface area contributed by atoms with Crippen molar-refractivity contribution in [2.45, 2.75) is 0 Å². The summed E-state index contributed by atoms with van der Waals surface area (Å²) < 4.78 is 7.88. The normalized spacial score (nSPS) is 11.5. The summed E-state index contributed by atoms with van der Waals surface area (Å²) in [5.41, 5.74) is 3.25. The summed E-state index contributed by atoms with van der Waals surface area (Å²) in [5, 5.41) is 3.77. The molecule has 0 saturated carbocycles. The van der Waals surface area contributed by atoms with Crippen molar-refractivity contribution in [1.29, 1.82) is 0 Å². The molecule has 3 aromatic carbocycles. The molecule has 9 aromatic rings. The number of benzene rings is 3. The molecule has 7 heteroatoms. The minimum atomic E-state index is -3.30. The predicted molar refractivity (Wildman–Crippen MR) is 200 cm³/mol. The Morgan fingerprint density at radius 1 is 0.370 bits per heavy atom. The van der Waals surface area contributed by atoms with Gasteiger partial charge in [0, 0.05) is 0 Å². The number of pyridine rings is 3. The molecule has 0 N–H and O–H groups in total. The van der Waals surface area contributed by atoms with E-state index < -0.39 is 21.4 Å². The quantitative estimate of drug-likeness (QED) is 0.171. The Labute approximate surface area is 286 Å². The van der Waals surface area contributed by atoms with Gasteiger partial charge in [0.05, 0.1) is 0 Å². The molecular formula is C39H24InN3S3. The van der Waals surface area contributed by atoms with Crippen LogP contribution in [0.2, 0.25) is 0 Å². The van der Waals surface area contributed by atoms with Gasteiger partial charge in [0.15, 0.2) is 0 Å². The molecule has 3 nitrogen and oxygen atoms in total. The van der Waals surface area contributed by atoms with E-state index in [4.69, 9.17) is 15.0 Å². The van der Waals surface area contributed by atoms with Crippen LogP contribution in [0.25, 0.3) is 62.0 Å². The molecule has 0 radical (unpaired) electrons. The minimum absolute atomic E-state index is 1.08. The summed E-state index contributed by atoms with van der Waals surface area (Å²) in [6, 6.07) is 46.1. The average Bonchev–Trinajstić information content (AvgIpc) is 3.86. The number of hydrogen-bond acceptors (Lipinski definition) is 6. The first-order valence-electron chi connectivity index (χ1n) is 15.1. The fourth-order valence-electron chi connectivity index (χ4n) is 6.37. The van der Waals surface area contributed by atoms with Crippen LogP contribution < -0.4 is 9.96 Å². The van der Waals surface area contributed by atoms with Crippen molar-refractivity contribution in [3.05, 3.63) is 146 Å². The third-order valence-corrected chi connectivity index (χ3v) is 21.1. The molecule has 0 fully saturated rings. The standard InChI is InChI=1S/3C13H8NS.In/c3*1-2-7-12-10(5-1)9-13(15-12)11-6-3-4-8-14-11;/h3*1-5,7-9H;. The second kappa shape index (κ2) is 11.9. The van der Waals surface area contributed by atoms with Gasteiger partial charge in [0.2, 0.25) is 0 Å². The number of thiophene rings is 3. The van der Waals surface area contributed by atoms with E-state index >= 15 is 0 Å². The molecule has 0 aliphatic rings. The molecule has 46 heavy (non-hydrogen) atoms. The first kappa shape index (κ1) is 28.1. The average molecular weight is 746 g/mol. The van der Waals surface area contributed by atoms with Gasteiger partial charge in [-0.1, -0.05) is 0 Å². The topological polar surface area (TPSA) is 38.7 Å². The monoisotopic (exact) mass is 745 g/mol.